The normalized spacial score (nSPS) is 11.7. The van der Waals surface area contributed by atoms with Gasteiger partial charge in [-0.25, -0.2) is 13.6 Å². The van der Waals surface area contributed by atoms with E-state index in [1.54, 1.807) is 6.07 Å². The van der Waals surface area contributed by atoms with Gasteiger partial charge in [0, 0.05) is 8.04 Å². The van der Waals surface area contributed by atoms with Crippen LogP contribution in [0.2, 0.25) is 5.02 Å². The zero-order chi connectivity index (χ0) is 10.2. The predicted octanol–water partition coefficient (Wildman–Crippen LogP) is 2.35. The third-order valence-electron chi connectivity index (χ3n) is 1.31. The summed E-state index contributed by atoms with van der Waals surface area (Å²) in [6.45, 7) is 0. The molecule has 1 aromatic carbocycles. The van der Waals surface area contributed by atoms with Crippen LogP contribution in [0, 0.1) is 3.57 Å². The molecule has 3 nitrogen and oxygen atoms in total. The SMILES string of the molecule is NS(=O)(=O)c1ccc(Br)c(I)c1Cl. The minimum absolute atomic E-state index is 0.0539. The molecule has 0 fully saturated rings. The van der Waals surface area contributed by atoms with Crippen LogP contribution in [-0.2, 0) is 10.0 Å². The lowest BCUT2D eigenvalue weighted by Crippen LogP contribution is -2.13. The fourth-order valence-corrected chi connectivity index (χ4v) is 2.92. The van der Waals surface area contributed by atoms with Crippen molar-refractivity contribution in [2.45, 2.75) is 4.90 Å². The fraction of sp³-hybridized carbons (Fsp3) is 0. The van der Waals surface area contributed by atoms with E-state index in [1.165, 1.54) is 6.07 Å². The monoisotopic (exact) mass is 395 g/mol. The molecule has 0 aromatic heterocycles. The van der Waals surface area contributed by atoms with E-state index in [1.807, 2.05) is 22.6 Å². The summed E-state index contributed by atoms with van der Waals surface area (Å²) in [5.41, 5.74) is 0. The van der Waals surface area contributed by atoms with Gasteiger partial charge in [0.05, 0.1) is 5.02 Å². The number of halogens is 3. The van der Waals surface area contributed by atoms with E-state index in [-0.39, 0.29) is 9.92 Å². The van der Waals surface area contributed by atoms with E-state index < -0.39 is 10.0 Å². The highest BCUT2D eigenvalue weighted by molar-refractivity contribution is 14.1. The standard InChI is InChI=1S/C6H4BrClINO2S/c7-3-1-2-4(13(10,11)12)5(8)6(3)9/h1-2H,(H2,10,11,12). The summed E-state index contributed by atoms with van der Waals surface area (Å²) < 4.78 is 23.4. The maximum atomic E-state index is 11.0. The Balaban J connectivity index is 3.53. The van der Waals surface area contributed by atoms with Crippen molar-refractivity contribution in [1.29, 1.82) is 0 Å². The Morgan fingerprint density at radius 1 is 1.46 bits per heavy atom. The first-order valence-corrected chi connectivity index (χ1v) is 6.80. The highest BCUT2D eigenvalue weighted by Gasteiger charge is 2.16. The Kier molecular flexibility index (Phi) is 3.61. The molecule has 0 unspecified atom stereocenters. The van der Waals surface area contributed by atoms with Gasteiger partial charge >= 0.3 is 0 Å². The molecule has 0 amide bonds. The quantitative estimate of drug-likeness (QED) is 0.585. The van der Waals surface area contributed by atoms with E-state index in [0.717, 1.165) is 4.47 Å². The predicted molar refractivity (Wildman–Crippen MR) is 63.2 cm³/mol. The van der Waals surface area contributed by atoms with Crippen LogP contribution in [0.1, 0.15) is 0 Å². The van der Waals surface area contributed by atoms with Crippen LogP contribution in [0.4, 0.5) is 0 Å². The summed E-state index contributed by atoms with van der Waals surface area (Å²) in [5, 5.41) is 5.10. The van der Waals surface area contributed by atoms with E-state index >= 15 is 0 Å². The molecule has 0 aliphatic carbocycles. The third kappa shape index (κ3) is 2.56. The summed E-state index contributed by atoms with van der Waals surface area (Å²) in [7, 11) is -3.73. The molecule has 1 aromatic rings. The van der Waals surface area contributed by atoms with Crippen molar-refractivity contribution in [3.05, 3.63) is 25.2 Å². The second-order valence-electron chi connectivity index (χ2n) is 2.22. The third-order valence-corrected chi connectivity index (χ3v) is 5.61. The molecule has 72 valence electrons. The van der Waals surface area contributed by atoms with Gasteiger partial charge in [0.25, 0.3) is 0 Å². The van der Waals surface area contributed by atoms with Crippen LogP contribution < -0.4 is 5.14 Å². The van der Waals surface area contributed by atoms with Crippen molar-refractivity contribution in [2.24, 2.45) is 5.14 Å². The number of benzene rings is 1. The smallest absolute Gasteiger partial charge is 0.225 e. The average molecular weight is 396 g/mol. The van der Waals surface area contributed by atoms with Crippen molar-refractivity contribution in [1.82, 2.24) is 0 Å². The number of rotatable bonds is 1. The molecule has 0 saturated carbocycles. The molecule has 0 heterocycles. The van der Waals surface area contributed by atoms with E-state index in [0.29, 0.717) is 3.57 Å². The summed E-state index contributed by atoms with van der Waals surface area (Å²) in [6, 6.07) is 2.96. The Labute approximate surface area is 103 Å². The lowest BCUT2D eigenvalue weighted by atomic mass is 10.4. The lowest BCUT2D eigenvalue weighted by Gasteiger charge is -2.04. The van der Waals surface area contributed by atoms with Gasteiger partial charge in [-0.3, -0.25) is 0 Å². The largest absolute Gasteiger partial charge is 0.239 e. The Morgan fingerprint density at radius 2 is 2.00 bits per heavy atom. The molecule has 0 bridgehead atoms. The van der Waals surface area contributed by atoms with Crippen LogP contribution in [0.15, 0.2) is 21.5 Å². The van der Waals surface area contributed by atoms with Crippen LogP contribution in [-0.4, -0.2) is 8.42 Å². The molecule has 0 saturated heterocycles. The molecular formula is C6H4BrClINO2S. The summed E-state index contributed by atoms with van der Waals surface area (Å²) in [5.74, 6) is 0. The molecule has 0 aliphatic rings. The van der Waals surface area contributed by atoms with Crippen molar-refractivity contribution in [3.63, 3.8) is 0 Å². The van der Waals surface area contributed by atoms with Crippen molar-refractivity contribution >= 4 is 60.1 Å². The molecule has 0 spiro atoms. The lowest BCUT2D eigenvalue weighted by molar-refractivity contribution is 0.598. The molecule has 0 radical (unpaired) electrons. The summed E-state index contributed by atoms with van der Waals surface area (Å²) >= 11 is 10.9. The van der Waals surface area contributed by atoms with Gasteiger partial charge in [0.15, 0.2) is 0 Å². The number of hydrogen-bond acceptors (Lipinski definition) is 2. The summed E-state index contributed by atoms with van der Waals surface area (Å²) in [6.07, 6.45) is 0. The second-order valence-corrected chi connectivity index (χ2v) is 6.06. The molecule has 13 heavy (non-hydrogen) atoms. The highest BCUT2D eigenvalue weighted by Crippen LogP contribution is 2.31. The van der Waals surface area contributed by atoms with Crippen LogP contribution >= 0.6 is 50.1 Å². The van der Waals surface area contributed by atoms with Gasteiger partial charge in [-0.2, -0.15) is 0 Å². The zero-order valence-corrected chi connectivity index (χ0v) is 11.4. The molecule has 7 heteroatoms. The van der Waals surface area contributed by atoms with E-state index in [4.69, 9.17) is 16.7 Å². The van der Waals surface area contributed by atoms with Gasteiger partial charge < -0.3 is 0 Å². The van der Waals surface area contributed by atoms with Crippen LogP contribution in [0.5, 0.6) is 0 Å². The number of nitrogens with two attached hydrogens (primary N) is 1. The van der Waals surface area contributed by atoms with Gasteiger partial charge in [-0.1, -0.05) is 11.6 Å². The van der Waals surface area contributed by atoms with Crippen molar-refractivity contribution in [2.75, 3.05) is 0 Å². The number of hydrogen-bond donors (Lipinski definition) is 1. The van der Waals surface area contributed by atoms with Gasteiger partial charge in [0.2, 0.25) is 10.0 Å². The molecule has 2 N–H and O–H groups in total. The zero-order valence-electron chi connectivity index (χ0n) is 6.09. The Bertz CT molecular complexity index is 448. The maximum absolute atomic E-state index is 11.0. The van der Waals surface area contributed by atoms with Crippen molar-refractivity contribution < 1.29 is 8.42 Å². The Hall–Kier alpha value is 0.630. The highest BCUT2D eigenvalue weighted by atomic mass is 127. The number of sulfonamides is 1. The van der Waals surface area contributed by atoms with Crippen LogP contribution in [0.25, 0.3) is 0 Å². The number of primary sulfonamides is 1. The summed E-state index contributed by atoms with van der Waals surface area (Å²) in [4.78, 5) is -0.0539. The van der Waals surface area contributed by atoms with Gasteiger partial charge in [0.1, 0.15) is 4.90 Å². The second kappa shape index (κ2) is 4.01. The minimum atomic E-state index is -3.73. The first kappa shape index (κ1) is 11.7. The molecule has 1 rings (SSSR count). The van der Waals surface area contributed by atoms with E-state index in [2.05, 4.69) is 15.9 Å². The minimum Gasteiger partial charge on any atom is -0.225 e. The van der Waals surface area contributed by atoms with Gasteiger partial charge in [-0.05, 0) is 50.7 Å². The molecular weight excluding hydrogens is 392 g/mol. The fourth-order valence-electron chi connectivity index (χ4n) is 0.728. The first-order valence-electron chi connectivity index (χ1n) is 3.00. The molecule has 0 aliphatic heterocycles. The average Bonchev–Trinajstić information content (AvgIpc) is 1.98. The molecule has 0 atom stereocenters. The topological polar surface area (TPSA) is 60.2 Å². The maximum Gasteiger partial charge on any atom is 0.239 e. The van der Waals surface area contributed by atoms with Crippen molar-refractivity contribution in [3.8, 4) is 0 Å². The van der Waals surface area contributed by atoms with Crippen LogP contribution in [0.3, 0.4) is 0 Å². The first-order chi connectivity index (χ1) is 5.84. The Morgan fingerprint density at radius 3 is 2.46 bits per heavy atom. The van der Waals surface area contributed by atoms with Gasteiger partial charge in [-0.15, -0.1) is 0 Å². The van der Waals surface area contributed by atoms with E-state index in [9.17, 15) is 8.42 Å².